The van der Waals surface area contributed by atoms with Gasteiger partial charge in [-0.05, 0) is 53.5 Å². The van der Waals surface area contributed by atoms with Crippen LogP contribution in [0, 0.1) is 0 Å². The molecule has 516 valence electrons. The number of fused-ring (bicyclic) bond motifs is 3. The van der Waals surface area contributed by atoms with Crippen LogP contribution in [0.15, 0.2) is 78.9 Å². The van der Waals surface area contributed by atoms with Gasteiger partial charge in [-0.25, -0.2) is 13.7 Å². The van der Waals surface area contributed by atoms with Crippen molar-refractivity contribution in [2.45, 2.75) is 307 Å². The number of aliphatic hydroxyl groups excluding tert-OH is 1. The first kappa shape index (κ1) is 74.6. The molecule has 3 heterocycles. The molecule has 19 nitrogen and oxygen atoms in total. The van der Waals surface area contributed by atoms with Gasteiger partial charge in [-0.3, -0.25) is 50.3 Å². The number of unbranched alkanes of at least 4 members (excludes halogenated alkanes) is 24. The molecule has 3 aliphatic heterocycles. The Morgan fingerprint density at radius 3 is 1.37 bits per heavy atom. The zero-order chi connectivity index (χ0) is 64.8. The van der Waals surface area contributed by atoms with Crippen LogP contribution in [0.2, 0.25) is 0 Å². The van der Waals surface area contributed by atoms with Crippen molar-refractivity contribution in [3.05, 3.63) is 107 Å². The molecule has 8 atom stereocenters. The summed E-state index contributed by atoms with van der Waals surface area (Å²) in [6, 6.07) is 23.3. The van der Waals surface area contributed by atoms with Gasteiger partial charge in [-0.1, -0.05) is 253 Å². The quantitative estimate of drug-likeness (QED) is 0.0316. The van der Waals surface area contributed by atoms with Crippen LogP contribution in [0.4, 0.5) is 0 Å². The third-order valence-electron chi connectivity index (χ3n) is 18.1. The molecule has 0 radical (unpaired) electrons. The number of hydrogen-bond acceptors (Lipinski definition) is 19. The maximum Gasteiger partial charge on any atom is 0.475 e. The van der Waals surface area contributed by atoms with Gasteiger partial charge in [0, 0.05) is 25.7 Å². The van der Waals surface area contributed by atoms with E-state index in [1.54, 1.807) is 48.5 Å². The van der Waals surface area contributed by atoms with Crippen LogP contribution in [0.1, 0.15) is 254 Å². The second-order valence-corrected chi connectivity index (χ2v) is 30.5. The zero-order valence-corrected chi connectivity index (χ0v) is 57.7. The number of aliphatic hydroxyl groups is 1. The Labute approximate surface area is 548 Å². The highest BCUT2D eigenvalue weighted by Gasteiger charge is 2.65. The molecule has 0 aromatic heterocycles. The van der Waals surface area contributed by atoms with E-state index < -0.39 is 97.1 Å². The van der Waals surface area contributed by atoms with Crippen LogP contribution in [-0.2, 0) is 116 Å². The van der Waals surface area contributed by atoms with E-state index in [1.807, 2.05) is 30.3 Å². The lowest BCUT2D eigenvalue weighted by atomic mass is 9.85. The van der Waals surface area contributed by atoms with Crippen LogP contribution in [-0.4, -0.2) is 78.8 Å². The van der Waals surface area contributed by atoms with E-state index >= 15 is 4.57 Å². The lowest BCUT2D eigenvalue weighted by Crippen LogP contribution is -2.64. The molecule has 0 bridgehead atoms. The molecule has 92 heavy (non-hydrogen) atoms. The highest BCUT2D eigenvalue weighted by Crippen LogP contribution is 2.62. The lowest BCUT2D eigenvalue weighted by Gasteiger charge is -2.45. The number of carbonyl (C=O) groups excluding carboxylic acids is 2. The lowest BCUT2D eigenvalue weighted by molar-refractivity contribution is -0.202. The van der Waals surface area contributed by atoms with Crippen LogP contribution in [0.5, 0.6) is 0 Å². The summed E-state index contributed by atoms with van der Waals surface area (Å²) in [6.07, 6.45) is 21.9. The molecule has 1 N–H and O–H groups in total. The van der Waals surface area contributed by atoms with Gasteiger partial charge in [-0.15, -0.1) is 0 Å². The second kappa shape index (κ2) is 39.9. The van der Waals surface area contributed by atoms with Crippen molar-refractivity contribution < 1.29 is 88.1 Å². The number of phosphoric acid groups is 3. The number of ether oxygens (including phenoxy) is 4. The number of carbonyl (C=O) groups is 2. The third-order valence-corrected chi connectivity index (χ3v) is 22.3. The topological polar surface area (TPSA) is 226 Å². The Kier molecular flexibility index (Phi) is 32.3. The number of phosphoric ester groups is 3. The van der Waals surface area contributed by atoms with E-state index in [9.17, 15) is 23.8 Å². The molecule has 1 saturated heterocycles. The van der Waals surface area contributed by atoms with Gasteiger partial charge in [0.2, 0.25) is 0 Å². The maximum atomic E-state index is 15.8. The van der Waals surface area contributed by atoms with Gasteiger partial charge in [0.25, 0.3) is 0 Å². The Hall–Kier alpha value is -3.19. The monoisotopic (exact) mass is 1340 g/mol. The Morgan fingerprint density at radius 2 is 0.913 bits per heavy atom. The molecule has 22 heteroatoms. The molecule has 3 aromatic rings. The summed E-state index contributed by atoms with van der Waals surface area (Å²) in [5.41, 5.74) is 3.38. The van der Waals surface area contributed by atoms with Crippen molar-refractivity contribution >= 4 is 35.4 Å². The van der Waals surface area contributed by atoms with Crippen LogP contribution in [0.25, 0.3) is 0 Å². The average Bonchev–Trinajstić information content (AvgIpc) is 1.53. The van der Waals surface area contributed by atoms with Gasteiger partial charge in [0.05, 0.1) is 39.6 Å². The van der Waals surface area contributed by atoms with Crippen molar-refractivity contribution in [2.75, 3.05) is 13.2 Å². The summed E-state index contributed by atoms with van der Waals surface area (Å²) in [4.78, 5) is 27.1. The summed E-state index contributed by atoms with van der Waals surface area (Å²) in [6.45, 7) is 2.38. The van der Waals surface area contributed by atoms with Gasteiger partial charge in [-0.2, -0.15) is 0 Å². The van der Waals surface area contributed by atoms with Crippen LogP contribution in [0.3, 0.4) is 0 Å². The van der Waals surface area contributed by atoms with E-state index in [4.69, 9.17) is 59.7 Å². The Morgan fingerprint density at radius 1 is 0.511 bits per heavy atom. The molecule has 2 saturated carbocycles. The summed E-state index contributed by atoms with van der Waals surface area (Å²) < 4.78 is 127. The van der Waals surface area contributed by atoms with Gasteiger partial charge in [0.1, 0.15) is 43.2 Å². The minimum atomic E-state index is -5.03. The minimum Gasteiger partial charge on any atom is -0.462 e. The average molecular weight is 1350 g/mol. The fourth-order valence-corrected chi connectivity index (χ4v) is 16.8. The molecule has 1 spiro atoms. The van der Waals surface area contributed by atoms with E-state index in [-0.39, 0.29) is 45.9 Å². The number of esters is 2. The predicted molar refractivity (Wildman–Crippen MR) is 350 cm³/mol. The van der Waals surface area contributed by atoms with Crippen LogP contribution >= 0.6 is 23.5 Å². The molecule has 0 amide bonds. The van der Waals surface area contributed by atoms with Crippen molar-refractivity contribution in [1.82, 2.24) is 0 Å². The molecule has 3 aromatic carbocycles. The SMILES string of the molecule is CCCCCCCCCCCCCCCC(=O)OC[C@@H](COP(=O)(OCc1ccccc1)O[C@H]1[C@H](O)[C@@H](OP2(=O)OCc3ccccc3CO2)[C@H](OP2(=O)OCc3ccccc3CO2)[C@H]2OC3(CCCCC3)O[C@H]21)OC(=O)CCCCCCCCCCCCCCC. The predicted octanol–water partition coefficient (Wildman–Crippen LogP) is 18.4. The van der Waals surface area contributed by atoms with Crippen molar-refractivity contribution in [3.8, 4) is 0 Å². The fraction of sp³-hybridized carbons (Fsp3) is 0.714. The summed E-state index contributed by atoms with van der Waals surface area (Å²) >= 11 is 0. The third kappa shape index (κ3) is 24.7. The Bertz CT molecular complexity index is 2700. The second-order valence-electron chi connectivity index (χ2n) is 25.6. The van der Waals surface area contributed by atoms with Crippen molar-refractivity contribution in [2.24, 2.45) is 0 Å². The van der Waals surface area contributed by atoms with Crippen molar-refractivity contribution in [1.29, 1.82) is 0 Å². The first-order valence-electron chi connectivity index (χ1n) is 35.1. The molecular weight excluding hydrogens is 1240 g/mol. The van der Waals surface area contributed by atoms with Crippen LogP contribution < -0.4 is 0 Å². The highest BCUT2D eigenvalue weighted by molar-refractivity contribution is 7.49. The van der Waals surface area contributed by atoms with E-state index in [1.165, 1.54) is 109 Å². The van der Waals surface area contributed by atoms with Crippen molar-refractivity contribution in [3.63, 3.8) is 0 Å². The van der Waals surface area contributed by atoms with E-state index in [0.717, 1.165) is 51.4 Å². The number of rotatable bonds is 43. The minimum absolute atomic E-state index is 0.0974. The molecule has 8 rings (SSSR count). The molecule has 2 aliphatic carbocycles. The molecule has 5 aliphatic rings. The first-order valence-corrected chi connectivity index (χ1v) is 39.5. The maximum absolute atomic E-state index is 15.8. The first-order chi connectivity index (χ1) is 44.8. The van der Waals surface area contributed by atoms with E-state index in [2.05, 4.69) is 13.8 Å². The van der Waals surface area contributed by atoms with E-state index in [0.29, 0.717) is 66.3 Å². The summed E-state index contributed by atoms with van der Waals surface area (Å²) in [5.74, 6) is -2.33. The summed E-state index contributed by atoms with van der Waals surface area (Å²) in [7, 11) is -14.4. The molecule has 3 fully saturated rings. The van der Waals surface area contributed by atoms with Gasteiger partial charge < -0.3 is 24.1 Å². The van der Waals surface area contributed by atoms with Gasteiger partial charge in [0.15, 0.2) is 11.9 Å². The summed E-state index contributed by atoms with van der Waals surface area (Å²) in [5, 5.41) is 13.0. The highest BCUT2D eigenvalue weighted by atomic mass is 31.2. The standard InChI is InChI=1S/C70H107O19P3/c1-3-5-7-9-11-13-15-17-19-21-23-25-31-45-62(71)77-54-61(84-63(72)46-32-26-24-22-20-18-16-14-12-10-8-6-4-2)55-83-90(74,78-49-56-39-29-27-30-40-56)87-65-64(73)66(88-91(75)79-50-57-41-33-34-42-58(57)51-80-91)69(68-67(65)85-70(86-68)47-37-28-38-48-70)89-92(76)81-52-59-43-35-36-44-60(59)53-82-92/h27,29-30,33-36,39-44,61,64-69,73H,3-26,28,31-32,37-38,45-55H2,1-2H3/t61-,64-,65-,66+,67-,68-,69-,90?/m0/s1. The largest absolute Gasteiger partial charge is 0.475 e. The molecular formula is C70H107O19P3. The normalized spacial score (nSPS) is 23.3. The molecule has 1 unspecified atom stereocenters. The zero-order valence-electron chi connectivity index (χ0n) is 55.0. The number of benzene rings is 3. The smallest absolute Gasteiger partial charge is 0.462 e. The Balaban J connectivity index is 0.989. The number of hydrogen-bond donors (Lipinski definition) is 1. The fourth-order valence-electron chi connectivity index (χ4n) is 12.7. The van der Waals surface area contributed by atoms with Gasteiger partial charge >= 0.3 is 35.4 Å².